The highest BCUT2D eigenvalue weighted by Crippen LogP contribution is 2.54. The van der Waals surface area contributed by atoms with E-state index in [1.807, 2.05) is 36.4 Å². The zero-order valence-electron chi connectivity index (χ0n) is 39.7. The van der Waals surface area contributed by atoms with Crippen molar-refractivity contribution in [1.82, 2.24) is 19.5 Å². The lowest BCUT2D eigenvalue weighted by atomic mass is 9.76. The minimum atomic E-state index is 0.615. The number of fused-ring (bicyclic) bond motifs is 9. The molecule has 2 heterocycles. The quantitative estimate of drug-likeness (QED) is 0.143. The first-order valence-corrected chi connectivity index (χ1v) is 24.9. The fourth-order valence-electron chi connectivity index (χ4n) is 11.2. The molecule has 0 amide bonds. The summed E-state index contributed by atoms with van der Waals surface area (Å²) in [7, 11) is 0. The van der Waals surface area contributed by atoms with Gasteiger partial charge >= 0.3 is 0 Å². The van der Waals surface area contributed by atoms with E-state index in [4.69, 9.17) is 15.0 Å². The van der Waals surface area contributed by atoms with Crippen molar-refractivity contribution in [1.29, 1.82) is 0 Å². The average Bonchev–Trinajstić information content (AvgIpc) is 3.82. The molecule has 0 fully saturated rings. The van der Waals surface area contributed by atoms with Gasteiger partial charge in [-0.25, -0.2) is 15.0 Å². The van der Waals surface area contributed by atoms with Gasteiger partial charge in [0, 0.05) is 33.2 Å². The largest absolute Gasteiger partial charge is 0.309 e. The van der Waals surface area contributed by atoms with Gasteiger partial charge in [0.05, 0.1) is 11.0 Å². The van der Waals surface area contributed by atoms with Crippen molar-refractivity contribution in [3.05, 3.63) is 267 Å². The highest BCUT2D eigenvalue weighted by Gasteiger charge is 2.27. The molecule has 73 heavy (non-hydrogen) atoms. The molecule has 2 aromatic heterocycles. The molecule has 0 saturated heterocycles. The molecule has 14 aromatic rings. The van der Waals surface area contributed by atoms with Crippen LogP contribution in [0.2, 0.25) is 0 Å². The van der Waals surface area contributed by atoms with E-state index in [2.05, 4.69) is 235 Å². The molecule has 0 aliphatic rings. The second-order valence-corrected chi connectivity index (χ2v) is 18.6. The van der Waals surface area contributed by atoms with Gasteiger partial charge in [-0.05, 0) is 101 Å². The molecule has 14 rings (SSSR count). The highest BCUT2D eigenvalue weighted by molar-refractivity contribution is 6.35. The number of hydrogen-bond donors (Lipinski definition) is 0. The van der Waals surface area contributed by atoms with Crippen LogP contribution in [0.25, 0.3) is 138 Å². The summed E-state index contributed by atoms with van der Waals surface area (Å²) in [5.41, 5.74) is 15.4. The number of para-hydroxylation sites is 2. The normalized spacial score (nSPS) is 11.6. The molecular weight excluding hydrogens is 885 g/mol. The van der Waals surface area contributed by atoms with Crippen LogP contribution in [0.5, 0.6) is 0 Å². The SMILES string of the molecule is c1ccc(-c2nc(-c3ccccc3)nc(-c3ccc(-c4c(-c5ccc(-n6c7ccccc7c7ccccc76)cc5)c(-c5ccccc5)c5c6ccccc6c6ccccc6c5c4-c4ccccc4)cc3)n2)cc1. The van der Waals surface area contributed by atoms with Crippen molar-refractivity contribution in [3.8, 4) is 84.4 Å². The van der Waals surface area contributed by atoms with Gasteiger partial charge in [0.2, 0.25) is 0 Å². The molecule has 4 nitrogen and oxygen atoms in total. The minimum absolute atomic E-state index is 0.615. The summed E-state index contributed by atoms with van der Waals surface area (Å²) in [6, 6.07) is 95.9. The molecule has 4 heteroatoms. The van der Waals surface area contributed by atoms with Gasteiger partial charge in [-0.1, -0.05) is 243 Å². The standard InChI is InChI=1S/C69H44N4/c1-5-21-45(22-6-1)63-61(47-37-39-51(40-38-47)69-71-67(49-25-9-3-10-26-49)70-68(72-69)50-27-11-4-12-28-50)62(48-41-43-52(44-42-48)73-59-35-19-17-31-55(59)56-32-18-20-36-60(56)73)64(46-23-7-2-8-24-46)66-58-34-16-14-30-54(58)53-29-13-15-33-57(53)65(63)66/h1-44H. The lowest BCUT2D eigenvalue weighted by molar-refractivity contribution is 1.07. The van der Waals surface area contributed by atoms with Crippen molar-refractivity contribution in [2.45, 2.75) is 0 Å². The third-order valence-corrected chi connectivity index (χ3v) is 14.4. The first-order valence-electron chi connectivity index (χ1n) is 24.9. The highest BCUT2D eigenvalue weighted by atomic mass is 15.0. The Labute approximate surface area is 422 Å². The third-order valence-electron chi connectivity index (χ3n) is 14.4. The van der Waals surface area contributed by atoms with E-state index in [1.165, 1.54) is 65.3 Å². The van der Waals surface area contributed by atoms with Crippen LogP contribution in [0.4, 0.5) is 0 Å². The number of benzene rings is 12. The zero-order chi connectivity index (χ0) is 48.2. The summed E-state index contributed by atoms with van der Waals surface area (Å²) in [6.45, 7) is 0. The van der Waals surface area contributed by atoms with Gasteiger partial charge in [-0.2, -0.15) is 0 Å². The van der Waals surface area contributed by atoms with Crippen molar-refractivity contribution >= 4 is 54.1 Å². The van der Waals surface area contributed by atoms with E-state index < -0.39 is 0 Å². The average molecular weight is 929 g/mol. The summed E-state index contributed by atoms with van der Waals surface area (Å²) < 4.78 is 2.40. The molecule has 12 aromatic carbocycles. The lowest BCUT2D eigenvalue weighted by Gasteiger charge is -2.26. The summed E-state index contributed by atoms with van der Waals surface area (Å²) in [4.78, 5) is 15.3. The molecule has 340 valence electrons. The van der Waals surface area contributed by atoms with Crippen LogP contribution in [0, 0.1) is 0 Å². The second kappa shape index (κ2) is 17.6. The van der Waals surface area contributed by atoms with Crippen LogP contribution in [0.3, 0.4) is 0 Å². The van der Waals surface area contributed by atoms with Crippen LogP contribution in [0.15, 0.2) is 267 Å². The predicted octanol–water partition coefficient (Wildman–Crippen LogP) is 18.1. The molecule has 0 aliphatic carbocycles. The first kappa shape index (κ1) is 42.1. The van der Waals surface area contributed by atoms with Crippen molar-refractivity contribution in [2.75, 3.05) is 0 Å². The van der Waals surface area contributed by atoms with Crippen molar-refractivity contribution < 1.29 is 0 Å². The van der Waals surface area contributed by atoms with Crippen molar-refractivity contribution in [3.63, 3.8) is 0 Å². The monoisotopic (exact) mass is 928 g/mol. The van der Waals surface area contributed by atoms with Crippen LogP contribution in [-0.4, -0.2) is 19.5 Å². The number of rotatable bonds is 8. The van der Waals surface area contributed by atoms with Gasteiger partial charge in [0.1, 0.15) is 0 Å². The maximum absolute atomic E-state index is 5.13. The van der Waals surface area contributed by atoms with E-state index >= 15 is 0 Å². The molecule has 0 atom stereocenters. The van der Waals surface area contributed by atoms with E-state index in [9.17, 15) is 0 Å². The molecule has 0 bridgehead atoms. The van der Waals surface area contributed by atoms with Gasteiger partial charge < -0.3 is 4.57 Å². The van der Waals surface area contributed by atoms with Gasteiger partial charge in [-0.15, -0.1) is 0 Å². The Morgan fingerprint density at radius 2 is 0.479 bits per heavy atom. The molecule has 0 N–H and O–H groups in total. The number of aromatic nitrogens is 4. The number of nitrogens with zero attached hydrogens (tertiary/aromatic N) is 4. The Bertz CT molecular complexity index is 4270. The smallest absolute Gasteiger partial charge is 0.164 e. The molecule has 0 radical (unpaired) electrons. The van der Waals surface area contributed by atoms with Crippen LogP contribution in [0.1, 0.15) is 0 Å². The lowest BCUT2D eigenvalue weighted by Crippen LogP contribution is -2.01. The Balaban J connectivity index is 1.09. The van der Waals surface area contributed by atoms with Crippen LogP contribution < -0.4 is 0 Å². The summed E-state index contributed by atoms with van der Waals surface area (Å²) in [5, 5.41) is 9.82. The summed E-state index contributed by atoms with van der Waals surface area (Å²) >= 11 is 0. The Kier molecular flexibility index (Phi) is 10.1. The fraction of sp³-hybridized carbons (Fsp3) is 0. The summed E-state index contributed by atoms with van der Waals surface area (Å²) in [5.74, 6) is 1.88. The predicted molar refractivity (Wildman–Crippen MR) is 305 cm³/mol. The van der Waals surface area contributed by atoms with E-state index in [1.54, 1.807) is 0 Å². The summed E-state index contributed by atoms with van der Waals surface area (Å²) in [6.07, 6.45) is 0. The second-order valence-electron chi connectivity index (χ2n) is 18.6. The molecule has 0 spiro atoms. The first-order chi connectivity index (χ1) is 36.2. The Morgan fingerprint density at radius 3 is 0.877 bits per heavy atom. The van der Waals surface area contributed by atoms with E-state index in [0.717, 1.165) is 55.8 Å². The molecule has 0 saturated carbocycles. The van der Waals surface area contributed by atoms with Crippen LogP contribution in [-0.2, 0) is 0 Å². The van der Waals surface area contributed by atoms with Gasteiger partial charge in [-0.3, -0.25) is 0 Å². The fourth-order valence-corrected chi connectivity index (χ4v) is 11.2. The maximum Gasteiger partial charge on any atom is 0.164 e. The van der Waals surface area contributed by atoms with Crippen LogP contribution >= 0.6 is 0 Å². The Morgan fingerprint density at radius 1 is 0.205 bits per heavy atom. The topological polar surface area (TPSA) is 43.6 Å². The zero-order valence-corrected chi connectivity index (χ0v) is 39.7. The molecular formula is C69H44N4. The minimum Gasteiger partial charge on any atom is -0.309 e. The van der Waals surface area contributed by atoms with E-state index in [-0.39, 0.29) is 0 Å². The van der Waals surface area contributed by atoms with Gasteiger partial charge in [0.15, 0.2) is 17.5 Å². The third kappa shape index (κ3) is 7.11. The Hall–Kier alpha value is -9.77. The molecule has 0 aliphatic heterocycles. The van der Waals surface area contributed by atoms with Crippen molar-refractivity contribution in [2.24, 2.45) is 0 Å². The number of hydrogen-bond acceptors (Lipinski definition) is 3. The molecule has 0 unspecified atom stereocenters. The van der Waals surface area contributed by atoms with Gasteiger partial charge in [0.25, 0.3) is 0 Å². The van der Waals surface area contributed by atoms with E-state index in [0.29, 0.717) is 17.5 Å². The maximum atomic E-state index is 5.13.